The number of benzene rings is 3. The molecule has 10 heteroatoms. The third kappa shape index (κ3) is 6.06. The molecular formula is C39H42N4O4SSi. The zero-order chi connectivity index (χ0) is 34.2. The van der Waals surface area contributed by atoms with E-state index in [1.54, 1.807) is 12.3 Å². The van der Waals surface area contributed by atoms with Crippen LogP contribution in [-0.2, 0) is 27.4 Å². The van der Waals surface area contributed by atoms with Crippen LogP contribution in [0.5, 0.6) is 0 Å². The molecule has 3 heterocycles. The van der Waals surface area contributed by atoms with E-state index in [0.717, 1.165) is 45.3 Å². The molecule has 0 atom stereocenters. The molecule has 49 heavy (non-hydrogen) atoms. The van der Waals surface area contributed by atoms with Crippen molar-refractivity contribution < 1.29 is 12.8 Å². The van der Waals surface area contributed by atoms with Gasteiger partial charge in [0.15, 0.2) is 0 Å². The fraction of sp³-hybridized carbons (Fsp3) is 0.308. The van der Waals surface area contributed by atoms with Crippen LogP contribution in [0.15, 0.2) is 114 Å². The second kappa shape index (κ2) is 13.1. The van der Waals surface area contributed by atoms with E-state index in [-0.39, 0.29) is 11.6 Å². The second-order valence-corrected chi connectivity index (χ2v) is 20.3. The largest absolute Gasteiger partial charge is 0.407 e. The van der Waals surface area contributed by atoms with E-state index in [1.165, 1.54) is 21.1 Å². The highest BCUT2D eigenvalue weighted by molar-refractivity contribution is 7.91. The molecule has 1 aliphatic rings. The van der Waals surface area contributed by atoms with Crippen molar-refractivity contribution >= 4 is 50.5 Å². The summed E-state index contributed by atoms with van der Waals surface area (Å²) in [6.45, 7) is 7.62. The first-order valence-electron chi connectivity index (χ1n) is 17.0. The van der Waals surface area contributed by atoms with Crippen molar-refractivity contribution in [2.24, 2.45) is 0 Å². The molecule has 0 radical (unpaired) electrons. The lowest BCUT2D eigenvalue weighted by atomic mass is 9.99. The molecule has 252 valence electrons. The number of nitrogens with zero attached hydrogens (tertiary/aromatic N) is 4. The first-order chi connectivity index (χ1) is 23.6. The van der Waals surface area contributed by atoms with Gasteiger partial charge in [0.05, 0.1) is 34.7 Å². The maximum absolute atomic E-state index is 13.8. The van der Waals surface area contributed by atoms with Gasteiger partial charge >= 0.3 is 5.69 Å². The summed E-state index contributed by atoms with van der Waals surface area (Å²) in [7, 11) is -6.44. The topological polar surface area (TPSA) is 96.1 Å². The molecule has 3 aromatic carbocycles. The summed E-state index contributed by atoms with van der Waals surface area (Å²) in [6.07, 6.45) is 8.51. The molecule has 0 N–H and O–H groups in total. The van der Waals surface area contributed by atoms with E-state index in [1.807, 2.05) is 24.4 Å². The summed E-state index contributed by atoms with van der Waals surface area (Å²) < 4.78 is 36.4. The lowest BCUT2D eigenvalue weighted by Gasteiger charge is -2.43. The van der Waals surface area contributed by atoms with Crippen LogP contribution in [0, 0.1) is 0 Å². The van der Waals surface area contributed by atoms with Gasteiger partial charge in [-0.2, -0.15) is 3.97 Å². The average Bonchev–Trinajstić information content (AvgIpc) is 3.93. The van der Waals surface area contributed by atoms with Gasteiger partial charge in [0.25, 0.3) is 8.32 Å². The van der Waals surface area contributed by atoms with Crippen LogP contribution in [0.1, 0.15) is 57.7 Å². The molecule has 0 bridgehead atoms. The van der Waals surface area contributed by atoms with Crippen LogP contribution in [0.25, 0.3) is 21.8 Å². The van der Waals surface area contributed by atoms with Crippen LogP contribution in [0.3, 0.4) is 0 Å². The number of pyridine rings is 2. The van der Waals surface area contributed by atoms with Gasteiger partial charge < -0.3 is 4.43 Å². The molecule has 0 amide bonds. The summed E-state index contributed by atoms with van der Waals surface area (Å²) in [5.41, 5.74) is 2.08. The zero-order valence-electron chi connectivity index (χ0n) is 28.2. The molecule has 7 rings (SSSR count). The first-order valence-corrected chi connectivity index (χ1v) is 20.4. The average molecular weight is 691 g/mol. The number of fused-ring (bicyclic) bond motifs is 2. The zero-order valence-corrected chi connectivity index (χ0v) is 30.1. The molecule has 6 aromatic rings. The maximum Gasteiger partial charge on any atom is 0.343 e. The van der Waals surface area contributed by atoms with Crippen molar-refractivity contribution in [2.75, 3.05) is 6.61 Å². The Morgan fingerprint density at radius 2 is 1.49 bits per heavy atom. The highest BCUT2D eigenvalue weighted by Gasteiger charge is 2.50. The van der Waals surface area contributed by atoms with Crippen molar-refractivity contribution in [2.45, 2.75) is 69.7 Å². The second-order valence-electron chi connectivity index (χ2n) is 14.0. The Labute approximate surface area is 288 Å². The molecule has 0 aliphatic heterocycles. The van der Waals surface area contributed by atoms with E-state index < -0.39 is 29.3 Å². The smallest absolute Gasteiger partial charge is 0.343 e. The van der Waals surface area contributed by atoms with E-state index in [2.05, 4.69) is 92.5 Å². The SMILES string of the molecule is CC(C)(C)[Si](OCCCCc1c(Cn2c(=O)n(S(=O)(=O)C3CC3)c3ccncc32)ncc2ccccc12)(c1ccccc1)c1ccccc1. The predicted octanol–water partition coefficient (Wildman–Crippen LogP) is 6.03. The van der Waals surface area contributed by atoms with Gasteiger partial charge in [-0.3, -0.25) is 14.5 Å². The third-order valence-electron chi connectivity index (χ3n) is 9.75. The molecule has 0 saturated heterocycles. The summed E-state index contributed by atoms with van der Waals surface area (Å²) in [5.74, 6) is 0. The first kappa shape index (κ1) is 33.1. The summed E-state index contributed by atoms with van der Waals surface area (Å²) in [6, 6.07) is 31.1. The number of aryl methyl sites for hydroxylation is 1. The van der Waals surface area contributed by atoms with Gasteiger partial charge in [-0.05, 0) is 64.5 Å². The van der Waals surface area contributed by atoms with E-state index in [4.69, 9.17) is 9.41 Å². The van der Waals surface area contributed by atoms with Gasteiger partial charge in [0.2, 0.25) is 10.0 Å². The number of aromatic nitrogens is 4. The number of unbranched alkanes of at least 4 members (excludes halogenated alkanes) is 1. The van der Waals surface area contributed by atoms with Gasteiger partial charge in [0, 0.05) is 24.4 Å². The Hall–Kier alpha value is -4.38. The molecule has 3 aromatic heterocycles. The highest BCUT2D eigenvalue weighted by Crippen LogP contribution is 2.37. The molecule has 1 fully saturated rings. The molecule has 8 nitrogen and oxygen atoms in total. The van der Waals surface area contributed by atoms with Crippen LogP contribution in [0.2, 0.25) is 5.04 Å². The van der Waals surface area contributed by atoms with Crippen LogP contribution in [-0.4, -0.2) is 47.1 Å². The Morgan fingerprint density at radius 3 is 2.14 bits per heavy atom. The van der Waals surface area contributed by atoms with E-state index >= 15 is 0 Å². The maximum atomic E-state index is 13.8. The number of imidazole rings is 1. The van der Waals surface area contributed by atoms with Gasteiger partial charge in [-0.15, -0.1) is 0 Å². The van der Waals surface area contributed by atoms with Crippen LogP contribution >= 0.6 is 0 Å². The van der Waals surface area contributed by atoms with E-state index in [0.29, 0.717) is 30.5 Å². The Kier molecular flexibility index (Phi) is 8.89. The lowest BCUT2D eigenvalue weighted by molar-refractivity contribution is 0.288. The van der Waals surface area contributed by atoms with Gasteiger partial charge in [-0.25, -0.2) is 13.2 Å². The molecule has 1 saturated carbocycles. The number of hydrogen-bond donors (Lipinski definition) is 0. The van der Waals surface area contributed by atoms with Crippen LogP contribution in [0.4, 0.5) is 0 Å². The normalized spacial score (nSPS) is 14.1. The van der Waals surface area contributed by atoms with Crippen molar-refractivity contribution in [3.8, 4) is 0 Å². The van der Waals surface area contributed by atoms with Crippen molar-refractivity contribution in [3.63, 3.8) is 0 Å². The van der Waals surface area contributed by atoms with Crippen molar-refractivity contribution in [3.05, 3.63) is 131 Å². The number of hydrogen-bond acceptors (Lipinski definition) is 6. The Balaban J connectivity index is 1.18. The third-order valence-corrected chi connectivity index (χ3v) is 17.0. The standard InChI is InChI=1S/C39H42N4O4SSi/c1-39(2,3)49(31-15-6-4-7-16-31,32-17-8-5-9-18-32)47-25-13-12-20-34-33-19-11-10-14-29(33)26-41-35(34)28-42-37-27-40-24-23-36(37)43(38(42)44)48(45,46)30-21-22-30/h4-11,14-19,23-24,26-27,30H,12-13,20-22,25,28H2,1-3H3. The lowest BCUT2D eigenvalue weighted by Crippen LogP contribution is -2.66. The van der Waals surface area contributed by atoms with Gasteiger partial charge in [0.1, 0.15) is 0 Å². The molecule has 1 aliphatic carbocycles. The van der Waals surface area contributed by atoms with Crippen molar-refractivity contribution in [1.29, 1.82) is 0 Å². The minimum Gasteiger partial charge on any atom is -0.407 e. The van der Waals surface area contributed by atoms with Gasteiger partial charge in [-0.1, -0.05) is 106 Å². The fourth-order valence-corrected chi connectivity index (χ4v) is 13.6. The molecular weight excluding hydrogens is 649 g/mol. The minimum absolute atomic E-state index is 0.100. The molecule has 0 unspecified atom stereocenters. The molecule has 0 spiro atoms. The number of rotatable bonds is 12. The Morgan fingerprint density at radius 1 is 0.837 bits per heavy atom. The van der Waals surface area contributed by atoms with Crippen molar-refractivity contribution in [1.82, 2.24) is 18.5 Å². The summed E-state index contributed by atoms with van der Waals surface area (Å²) >= 11 is 0. The van der Waals surface area contributed by atoms with E-state index in [9.17, 15) is 13.2 Å². The fourth-order valence-electron chi connectivity index (χ4n) is 7.21. The quantitative estimate of drug-likeness (QED) is 0.115. The minimum atomic E-state index is -3.80. The highest BCUT2D eigenvalue weighted by atomic mass is 32.2. The predicted molar refractivity (Wildman–Crippen MR) is 199 cm³/mol. The van der Waals surface area contributed by atoms with Crippen LogP contribution < -0.4 is 16.1 Å². The Bertz CT molecular complexity index is 2240. The summed E-state index contributed by atoms with van der Waals surface area (Å²) in [4.78, 5) is 22.9. The monoisotopic (exact) mass is 690 g/mol. The summed E-state index contributed by atoms with van der Waals surface area (Å²) in [5, 5.41) is 4.02.